The highest BCUT2D eigenvalue weighted by Crippen LogP contribution is 2.27. The number of benzene rings is 3. The Kier molecular flexibility index (Phi) is 8.93. The fourth-order valence-corrected chi connectivity index (χ4v) is 5.51. The van der Waals surface area contributed by atoms with Gasteiger partial charge in [0.2, 0.25) is 4.96 Å². The van der Waals surface area contributed by atoms with Gasteiger partial charge in [0.05, 0.1) is 23.4 Å². The van der Waals surface area contributed by atoms with Gasteiger partial charge in [-0.05, 0) is 79.1 Å². The SMILES string of the molecule is CCCCOc1ccc(-c2nn(-c3ccccc3)cc2/C=c2\sc3nc(/C=C/c4ccc(OCCC)cc4)nn3c2=O)cc1. The van der Waals surface area contributed by atoms with E-state index in [-0.39, 0.29) is 5.56 Å². The van der Waals surface area contributed by atoms with Crippen molar-refractivity contribution >= 4 is 34.5 Å². The predicted octanol–water partition coefficient (Wildman–Crippen LogP) is 6.69. The zero-order valence-corrected chi connectivity index (χ0v) is 25.5. The van der Waals surface area contributed by atoms with E-state index in [9.17, 15) is 4.79 Å². The largest absolute Gasteiger partial charge is 0.494 e. The summed E-state index contributed by atoms with van der Waals surface area (Å²) in [7, 11) is 0. The number of rotatable bonds is 12. The van der Waals surface area contributed by atoms with Crippen LogP contribution in [0, 0.1) is 0 Å². The molecule has 0 bridgehead atoms. The van der Waals surface area contributed by atoms with E-state index in [4.69, 9.17) is 14.6 Å². The summed E-state index contributed by atoms with van der Waals surface area (Å²) in [6.07, 6.45) is 10.6. The summed E-state index contributed by atoms with van der Waals surface area (Å²) in [4.78, 5) is 18.5. The molecule has 0 radical (unpaired) electrons. The molecular weight excluding hydrogens is 570 g/mol. The molecule has 9 heteroatoms. The van der Waals surface area contributed by atoms with Crippen LogP contribution in [0.25, 0.3) is 40.1 Å². The minimum Gasteiger partial charge on any atom is -0.494 e. The van der Waals surface area contributed by atoms with E-state index in [0.717, 1.165) is 58.8 Å². The maximum absolute atomic E-state index is 13.4. The lowest BCUT2D eigenvalue weighted by Crippen LogP contribution is -2.23. The van der Waals surface area contributed by atoms with Gasteiger partial charge in [0.25, 0.3) is 5.56 Å². The molecule has 6 rings (SSSR count). The van der Waals surface area contributed by atoms with Crippen molar-refractivity contribution in [1.82, 2.24) is 24.4 Å². The molecule has 0 saturated carbocycles. The molecule has 0 fully saturated rings. The lowest BCUT2D eigenvalue weighted by atomic mass is 10.1. The highest BCUT2D eigenvalue weighted by Gasteiger charge is 2.14. The van der Waals surface area contributed by atoms with E-state index in [1.807, 2.05) is 108 Å². The average molecular weight is 604 g/mol. The predicted molar refractivity (Wildman–Crippen MR) is 176 cm³/mol. The van der Waals surface area contributed by atoms with Crippen LogP contribution in [0.2, 0.25) is 0 Å². The standard InChI is InChI=1S/C35H33N5O3S/c1-3-5-22-43-30-18-14-26(15-19-30)33-27(24-39(38-33)28-9-7-6-8-10-28)23-31-34(41)40-35(44-31)36-32(37-40)20-13-25-11-16-29(17-12-25)42-21-4-2/h6-20,23-24H,3-5,21-22H2,1-2H3/b20-13+,31-23-. The Balaban J connectivity index is 1.30. The molecule has 0 aliphatic carbocycles. The van der Waals surface area contributed by atoms with Crippen LogP contribution < -0.4 is 19.6 Å². The van der Waals surface area contributed by atoms with Crippen molar-refractivity contribution in [3.05, 3.63) is 117 Å². The zero-order chi connectivity index (χ0) is 30.3. The summed E-state index contributed by atoms with van der Waals surface area (Å²) in [5, 5.41) is 9.36. The number of para-hydroxylation sites is 1. The third-order valence-corrected chi connectivity index (χ3v) is 7.88. The van der Waals surface area contributed by atoms with Crippen molar-refractivity contribution in [1.29, 1.82) is 0 Å². The molecule has 0 aliphatic heterocycles. The Hall–Kier alpha value is -5.02. The van der Waals surface area contributed by atoms with Crippen LogP contribution in [0.3, 0.4) is 0 Å². The van der Waals surface area contributed by atoms with Crippen LogP contribution in [0.1, 0.15) is 50.1 Å². The molecule has 0 N–H and O–H groups in total. The first kappa shape index (κ1) is 29.1. The van der Waals surface area contributed by atoms with Crippen molar-refractivity contribution in [3.63, 3.8) is 0 Å². The summed E-state index contributed by atoms with van der Waals surface area (Å²) in [5.74, 6) is 2.14. The van der Waals surface area contributed by atoms with E-state index in [1.165, 1.54) is 15.9 Å². The molecular formula is C35H33N5O3S. The number of hydrogen-bond donors (Lipinski definition) is 0. The van der Waals surface area contributed by atoms with Gasteiger partial charge in [0.15, 0.2) is 5.82 Å². The molecule has 222 valence electrons. The zero-order valence-electron chi connectivity index (χ0n) is 24.7. The van der Waals surface area contributed by atoms with Crippen LogP contribution >= 0.6 is 11.3 Å². The number of ether oxygens (including phenoxy) is 2. The molecule has 6 aromatic rings. The quantitative estimate of drug-likeness (QED) is 0.145. The number of fused-ring (bicyclic) bond motifs is 1. The lowest BCUT2D eigenvalue weighted by molar-refractivity contribution is 0.309. The molecule has 44 heavy (non-hydrogen) atoms. The summed E-state index contributed by atoms with van der Waals surface area (Å²) in [6, 6.07) is 25.7. The molecule has 0 aliphatic rings. The number of unbranched alkanes of at least 4 members (excludes halogenated alkanes) is 1. The topological polar surface area (TPSA) is 83.5 Å². The summed E-state index contributed by atoms with van der Waals surface area (Å²) in [5.41, 5.74) is 4.22. The number of aromatic nitrogens is 5. The maximum atomic E-state index is 13.4. The maximum Gasteiger partial charge on any atom is 0.291 e. The van der Waals surface area contributed by atoms with Gasteiger partial charge in [-0.3, -0.25) is 4.79 Å². The molecule has 0 atom stereocenters. The Bertz CT molecular complexity index is 1970. The van der Waals surface area contributed by atoms with Crippen molar-refractivity contribution < 1.29 is 9.47 Å². The number of hydrogen-bond acceptors (Lipinski definition) is 7. The Morgan fingerprint density at radius 2 is 1.55 bits per heavy atom. The monoisotopic (exact) mass is 603 g/mol. The van der Waals surface area contributed by atoms with Crippen molar-refractivity contribution in [2.45, 2.75) is 33.1 Å². The Morgan fingerprint density at radius 1 is 0.818 bits per heavy atom. The molecule has 3 aromatic carbocycles. The van der Waals surface area contributed by atoms with Gasteiger partial charge in [-0.15, -0.1) is 5.10 Å². The summed E-state index contributed by atoms with van der Waals surface area (Å²) < 4.78 is 15.2. The summed E-state index contributed by atoms with van der Waals surface area (Å²) >= 11 is 1.31. The first-order chi connectivity index (χ1) is 21.6. The van der Waals surface area contributed by atoms with Gasteiger partial charge in [-0.25, -0.2) is 4.68 Å². The highest BCUT2D eigenvalue weighted by molar-refractivity contribution is 7.15. The van der Waals surface area contributed by atoms with Gasteiger partial charge in [0.1, 0.15) is 17.2 Å². The molecule has 8 nitrogen and oxygen atoms in total. The first-order valence-electron chi connectivity index (χ1n) is 14.8. The summed E-state index contributed by atoms with van der Waals surface area (Å²) in [6.45, 7) is 5.61. The van der Waals surface area contributed by atoms with Crippen LogP contribution in [0.15, 0.2) is 89.9 Å². The van der Waals surface area contributed by atoms with E-state index >= 15 is 0 Å². The van der Waals surface area contributed by atoms with Gasteiger partial charge >= 0.3 is 0 Å². The Labute approximate surface area is 259 Å². The second kappa shape index (κ2) is 13.5. The smallest absolute Gasteiger partial charge is 0.291 e. The van der Waals surface area contributed by atoms with E-state index in [0.29, 0.717) is 28.5 Å². The van der Waals surface area contributed by atoms with Crippen molar-refractivity contribution in [2.75, 3.05) is 13.2 Å². The highest BCUT2D eigenvalue weighted by atomic mass is 32.1. The fraction of sp³-hybridized carbons (Fsp3) is 0.200. The van der Waals surface area contributed by atoms with Crippen LogP contribution in [0.5, 0.6) is 11.5 Å². The molecule has 0 spiro atoms. The minimum atomic E-state index is -0.215. The van der Waals surface area contributed by atoms with Gasteiger partial charge in [-0.1, -0.05) is 68.0 Å². The number of nitrogens with zero attached hydrogens (tertiary/aromatic N) is 5. The van der Waals surface area contributed by atoms with Gasteiger partial charge < -0.3 is 9.47 Å². The number of thiazole rings is 1. The average Bonchev–Trinajstić information content (AvgIpc) is 3.75. The second-order valence-electron chi connectivity index (χ2n) is 10.3. The molecule has 0 saturated heterocycles. The van der Waals surface area contributed by atoms with Crippen LogP contribution in [-0.2, 0) is 0 Å². The first-order valence-corrected chi connectivity index (χ1v) is 15.6. The van der Waals surface area contributed by atoms with E-state index < -0.39 is 0 Å². The van der Waals surface area contributed by atoms with Crippen LogP contribution in [-0.4, -0.2) is 37.6 Å². The Morgan fingerprint density at radius 3 is 2.25 bits per heavy atom. The minimum absolute atomic E-state index is 0.215. The van der Waals surface area contributed by atoms with Crippen LogP contribution in [0.4, 0.5) is 0 Å². The third kappa shape index (κ3) is 6.63. The van der Waals surface area contributed by atoms with E-state index in [1.54, 1.807) is 0 Å². The molecule has 0 unspecified atom stereocenters. The lowest BCUT2D eigenvalue weighted by Gasteiger charge is -2.06. The van der Waals surface area contributed by atoms with Gasteiger partial charge in [-0.2, -0.15) is 14.6 Å². The second-order valence-corrected chi connectivity index (χ2v) is 11.3. The van der Waals surface area contributed by atoms with Crippen molar-refractivity contribution in [3.8, 4) is 28.4 Å². The third-order valence-electron chi connectivity index (χ3n) is 6.92. The molecule has 0 amide bonds. The molecule has 3 aromatic heterocycles. The van der Waals surface area contributed by atoms with Crippen molar-refractivity contribution in [2.24, 2.45) is 0 Å². The van der Waals surface area contributed by atoms with E-state index in [2.05, 4.69) is 23.9 Å². The van der Waals surface area contributed by atoms with Gasteiger partial charge in [0, 0.05) is 17.3 Å². The fourth-order valence-electron chi connectivity index (χ4n) is 4.60. The molecule has 3 heterocycles. The normalized spacial score (nSPS) is 12.0.